The lowest BCUT2D eigenvalue weighted by molar-refractivity contribution is -0.105. The van der Waals surface area contributed by atoms with E-state index >= 15 is 0 Å². The SMILES string of the molecule is COC(=O)c1cc(Br)cc(NC=O)c1O. The summed E-state index contributed by atoms with van der Waals surface area (Å²) in [5.41, 5.74) is 0.121. The Labute approximate surface area is 94.2 Å². The molecular weight excluding hydrogens is 266 g/mol. The average Bonchev–Trinajstić information content (AvgIpc) is 2.22. The van der Waals surface area contributed by atoms with Crippen LogP contribution in [0.2, 0.25) is 0 Å². The summed E-state index contributed by atoms with van der Waals surface area (Å²) in [4.78, 5) is 21.5. The minimum absolute atomic E-state index is 0.0174. The number of aromatic hydroxyl groups is 1. The number of halogens is 1. The Bertz CT molecular complexity index is 405. The van der Waals surface area contributed by atoms with E-state index < -0.39 is 5.97 Å². The van der Waals surface area contributed by atoms with Crippen LogP contribution in [0.5, 0.6) is 5.75 Å². The van der Waals surface area contributed by atoms with Crippen LogP contribution in [0.25, 0.3) is 0 Å². The highest BCUT2D eigenvalue weighted by molar-refractivity contribution is 9.10. The van der Waals surface area contributed by atoms with Crippen LogP contribution >= 0.6 is 15.9 Å². The molecular formula is C9H8BrNO4. The first-order valence-corrected chi connectivity index (χ1v) is 4.70. The van der Waals surface area contributed by atoms with E-state index in [1.807, 2.05) is 0 Å². The van der Waals surface area contributed by atoms with Crippen molar-refractivity contribution in [2.24, 2.45) is 0 Å². The number of carbonyl (C=O) groups is 2. The van der Waals surface area contributed by atoms with Gasteiger partial charge in [0.2, 0.25) is 6.41 Å². The highest BCUT2D eigenvalue weighted by Crippen LogP contribution is 2.31. The Balaban J connectivity index is 3.27. The van der Waals surface area contributed by atoms with E-state index in [0.717, 1.165) is 0 Å². The maximum absolute atomic E-state index is 11.2. The molecule has 15 heavy (non-hydrogen) atoms. The highest BCUT2D eigenvalue weighted by atomic mass is 79.9. The van der Waals surface area contributed by atoms with Crippen LogP contribution in [-0.2, 0) is 9.53 Å². The lowest BCUT2D eigenvalue weighted by Crippen LogP contribution is -2.04. The molecule has 2 N–H and O–H groups in total. The zero-order valence-electron chi connectivity index (χ0n) is 7.78. The number of carbonyl (C=O) groups excluding carboxylic acids is 2. The van der Waals surface area contributed by atoms with Gasteiger partial charge in [-0.3, -0.25) is 4.79 Å². The maximum atomic E-state index is 11.2. The molecule has 0 fully saturated rings. The van der Waals surface area contributed by atoms with Crippen LogP contribution < -0.4 is 5.32 Å². The zero-order chi connectivity index (χ0) is 11.4. The first-order chi connectivity index (χ1) is 7.10. The Morgan fingerprint density at radius 3 is 2.80 bits per heavy atom. The molecule has 0 aromatic heterocycles. The molecule has 0 radical (unpaired) electrons. The van der Waals surface area contributed by atoms with Crippen LogP contribution in [0.15, 0.2) is 16.6 Å². The molecule has 0 saturated carbocycles. The molecule has 0 aliphatic carbocycles. The van der Waals surface area contributed by atoms with Gasteiger partial charge in [0.15, 0.2) is 5.75 Å². The molecule has 0 spiro atoms. The smallest absolute Gasteiger partial charge is 0.341 e. The average molecular weight is 274 g/mol. The molecule has 1 aromatic rings. The third-order valence-corrected chi connectivity index (χ3v) is 2.15. The van der Waals surface area contributed by atoms with Crippen molar-refractivity contribution >= 4 is 34.0 Å². The van der Waals surface area contributed by atoms with Gasteiger partial charge in [0.05, 0.1) is 12.8 Å². The fraction of sp³-hybridized carbons (Fsp3) is 0.111. The summed E-state index contributed by atoms with van der Waals surface area (Å²) in [5.74, 6) is -1.00. The lowest BCUT2D eigenvalue weighted by Gasteiger charge is -2.08. The van der Waals surface area contributed by atoms with Crippen molar-refractivity contribution in [1.29, 1.82) is 0 Å². The number of anilines is 1. The van der Waals surface area contributed by atoms with E-state index in [1.54, 1.807) is 0 Å². The van der Waals surface area contributed by atoms with Crippen molar-refractivity contribution in [3.63, 3.8) is 0 Å². The van der Waals surface area contributed by atoms with Crippen molar-refractivity contribution in [1.82, 2.24) is 0 Å². The quantitative estimate of drug-likeness (QED) is 0.497. The number of methoxy groups -OCH3 is 1. The molecule has 0 bridgehead atoms. The highest BCUT2D eigenvalue weighted by Gasteiger charge is 2.15. The molecule has 0 heterocycles. The number of nitrogens with one attached hydrogen (secondary N) is 1. The van der Waals surface area contributed by atoms with E-state index in [0.29, 0.717) is 10.9 Å². The predicted octanol–water partition coefficient (Wildman–Crippen LogP) is 1.51. The monoisotopic (exact) mass is 273 g/mol. The molecule has 5 nitrogen and oxygen atoms in total. The number of hydrogen-bond acceptors (Lipinski definition) is 4. The van der Waals surface area contributed by atoms with Gasteiger partial charge in [-0.1, -0.05) is 15.9 Å². The number of phenolic OH excluding ortho intramolecular Hbond substituents is 1. The fourth-order valence-corrected chi connectivity index (χ4v) is 1.50. The fourth-order valence-electron chi connectivity index (χ4n) is 1.04. The van der Waals surface area contributed by atoms with Crippen molar-refractivity contribution in [2.75, 3.05) is 12.4 Å². The summed E-state index contributed by atoms with van der Waals surface area (Å²) in [6.07, 6.45) is 0.405. The second-order valence-corrected chi connectivity index (χ2v) is 3.52. The van der Waals surface area contributed by atoms with Crippen molar-refractivity contribution in [3.05, 3.63) is 22.2 Å². The molecule has 0 saturated heterocycles. The van der Waals surface area contributed by atoms with E-state index in [2.05, 4.69) is 26.0 Å². The third-order valence-electron chi connectivity index (χ3n) is 1.69. The number of benzene rings is 1. The zero-order valence-corrected chi connectivity index (χ0v) is 9.37. The first kappa shape index (κ1) is 11.5. The number of phenols is 1. The van der Waals surface area contributed by atoms with E-state index in [4.69, 9.17) is 0 Å². The topological polar surface area (TPSA) is 75.6 Å². The third kappa shape index (κ3) is 2.47. The Morgan fingerprint density at radius 2 is 2.27 bits per heavy atom. The number of ether oxygens (including phenoxy) is 1. The van der Waals surface area contributed by atoms with E-state index in [9.17, 15) is 14.7 Å². The van der Waals surface area contributed by atoms with Gasteiger partial charge >= 0.3 is 5.97 Å². The number of amides is 1. The van der Waals surface area contributed by atoms with Crippen molar-refractivity contribution < 1.29 is 19.4 Å². The van der Waals surface area contributed by atoms with Crippen LogP contribution in [0.3, 0.4) is 0 Å². The second-order valence-electron chi connectivity index (χ2n) is 2.60. The van der Waals surface area contributed by atoms with Crippen LogP contribution in [0, 0.1) is 0 Å². The molecule has 6 heteroatoms. The van der Waals surface area contributed by atoms with E-state index in [1.165, 1.54) is 19.2 Å². The summed E-state index contributed by atoms with van der Waals surface area (Å²) in [6, 6.07) is 2.87. The second kappa shape index (κ2) is 4.79. The van der Waals surface area contributed by atoms with Gasteiger partial charge in [-0.25, -0.2) is 4.79 Å². The minimum atomic E-state index is -0.678. The summed E-state index contributed by atoms with van der Waals surface area (Å²) in [7, 11) is 1.20. The van der Waals surface area contributed by atoms with Gasteiger partial charge in [0, 0.05) is 4.47 Å². The standard InChI is InChI=1S/C9H8BrNO4/c1-15-9(14)6-2-5(10)3-7(8(6)13)11-4-12/h2-4,13H,1H3,(H,11,12). The molecule has 80 valence electrons. The van der Waals surface area contributed by atoms with Gasteiger partial charge in [-0.2, -0.15) is 0 Å². The molecule has 1 amide bonds. The molecule has 0 atom stereocenters. The number of esters is 1. The summed E-state index contributed by atoms with van der Waals surface area (Å²) >= 11 is 3.14. The lowest BCUT2D eigenvalue weighted by atomic mass is 10.1. The van der Waals surface area contributed by atoms with Gasteiger partial charge in [-0.15, -0.1) is 0 Å². The van der Waals surface area contributed by atoms with Crippen LogP contribution in [-0.4, -0.2) is 24.6 Å². The molecule has 1 rings (SSSR count). The minimum Gasteiger partial charge on any atom is -0.505 e. The Hall–Kier alpha value is -1.56. The summed E-state index contributed by atoms with van der Waals surface area (Å²) in [6.45, 7) is 0. The summed E-state index contributed by atoms with van der Waals surface area (Å²) in [5, 5.41) is 11.9. The van der Waals surface area contributed by atoms with E-state index in [-0.39, 0.29) is 17.0 Å². The molecule has 0 aliphatic heterocycles. The normalized spacial score (nSPS) is 9.47. The van der Waals surface area contributed by atoms with Crippen molar-refractivity contribution in [3.8, 4) is 5.75 Å². The molecule has 1 aromatic carbocycles. The molecule has 0 unspecified atom stereocenters. The predicted molar refractivity (Wildman–Crippen MR) is 56.8 cm³/mol. The number of rotatable bonds is 3. The van der Waals surface area contributed by atoms with Crippen LogP contribution in [0.1, 0.15) is 10.4 Å². The molecule has 0 aliphatic rings. The van der Waals surface area contributed by atoms with Gasteiger partial charge < -0.3 is 15.2 Å². The first-order valence-electron chi connectivity index (χ1n) is 3.91. The van der Waals surface area contributed by atoms with Gasteiger partial charge in [0.1, 0.15) is 5.56 Å². The van der Waals surface area contributed by atoms with Crippen LogP contribution in [0.4, 0.5) is 5.69 Å². The summed E-state index contributed by atoms with van der Waals surface area (Å²) < 4.78 is 5.02. The van der Waals surface area contributed by atoms with Crippen molar-refractivity contribution in [2.45, 2.75) is 0 Å². The van der Waals surface area contributed by atoms with Gasteiger partial charge in [-0.05, 0) is 12.1 Å². The largest absolute Gasteiger partial charge is 0.505 e. The Kier molecular flexibility index (Phi) is 3.68. The Morgan fingerprint density at radius 1 is 1.60 bits per heavy atom. The van der Waals surface area contributed by atoms with Gasteiger partial charge in [0.25, 0.3) is 0 Å². The maximum Gasteiger partial charge on any atom is 0.341 e. The number of hydrogen-bond donors (Lipinski definition) is 2.